The molecule has 1 amide bonds. The fraction of sp³-hybridized carbons (Fsp3) is 0.562. The highest BCUT2D eigenvalue weighted by molar-refractivity contribution is 7.99. The zero-order valence-corrected chi connectivity index (χ0v) is 25.8. The van der Waals surface area contributed by atoms with Gasteiger partial charge in [-0.05, 0) is 91.2 Å². The third-order valence-electron chi connectivity index (χ3n) is 7.61. The maximum atomic E-state index is 13.5. The molecule has 1 aliphatic rings. The SMILES string of the molecule is CCSC(C1CCCCC1)C(C)OCc1ccc(C(=O)N[C@@H](CCSC)C(=O)OC)c(-c2ccccc2C)c1. The van der Waals surface area contributed by atoms with Crippen LogP contribution in [-0.4, -0.2) is 54.1 Å². The summed E-state index contributed by atoms with van der Waals surface area (Å²) in [6, 6.07) is 13.3. The summed E-state index contributed by atoms with van der Waals surface area (Å²) in [5.41, 5.74) is 4.51. The van der Waals surface area contributed by atoms with Gasteiger partial charge >= 0.3 is 5.97 Å². The van der Waals surface area contributed by atoms with Crippen LogP contribution < -0.4 is 5.32 Å². The number of carbonyl (C=O) groups excluding carboxylic acids is 2. The van der Waals surface area contributed by atoms with Gasteiger partial charge in [0.2, 0.25) is 0 Å². The highest BCUT2D eigenvalue weighted by Crippen LogP contribution is 2.36. The molecule has 0 aliphatic heterocycles. The summed E-state index contributed by atoms with van der Waals surface area (Å²) >= 11 is 3.66. The molecule has 5 nitrogen and oxygen atoms in total. The minimum Gasteiger partial charge on any atom is -0.467 e. The number of amides is 1. The van der Waals surface area contributed by atoms with Crippen molar-refractivity contribution in [3.05, 3.63) is 59.2 Å². The first-order valence-electron chi connectivity index (χ1n) is 14.2. The van der Waals surface area contributed by atoms with Crippen molar-refractivity contribution in [1.29, 1.82) is 0 Å². The summed E-state index contributed by atoms with van der Waals surface area (Å²) in [7, 11) is 1.35. The molecule has 0 radical (unpaired) electrons. The molecule has 214 valence electrons. The Hall–Kier alpha value is -1.96. The average molecular weight is 572 g/mol. The van der Waals surface area contributed by atoms with E-state index in [4.69, 9.17) is 9.47 Å². The number of methoxy groups -OCH3 is 1. The van der Waals surface area contributed by atoms with Crippen LogP contribution in [0, 0.1) is 12.8 Å². The van der Waals surface area contributed by atoms with Crippen LogP contribution in [0.2, 0.25) is 0 Å². The number of hydrogen-bond acceptors (Lipinski definition) is 6. The summed E-state index contributed by atoms with van der Waals surface area (Å²) in [5.74, 6) is 1.87. The lowest BCUT2D eigenvalue weighted by molar-refractivity contribution is -0.142. The van der Waals surface area contributed by atoms with E-state index in [1.165, 1.54) is 39.2 Å². The number of ether oxygens (including phenoxy) is 2. The normalized spacial score (nSPS) is 16.3. The van der Waals surface area contributed by atoms with E-state index in [2.05, 4.69) is 38.2 Å². The van der Waals surface area contributed by atoms with E-state index in [1.54, 1.807) is 11.8 Å². The zero-order valence-electron chi connectivity index (χ0n) is 24.2. The van der Waals surface area contributed by atoms with Gasteiger partial charge in [0.1, 0.15) is 6.04 Å². The summed E-state index contributed by atoms with van der Waals surface area (Å²) in [4.78, 5) is 25.8. The molecular weight excluding hydrogens is 526 g/mol. The molecular formula is C32H45NO4S2. The summed E-state index contributed by atoms with van der Waals surface area (Å²) in [5, 5.41) is 3.43. The van der Waals surface area contributed by atoms with Crippen LogP contribution in [0.15, 0.2) is 42.5 Å². The standard InChI is InChI=1S/C32H45NO4S2/c1-6-39-30(25-13-8-7-9-14-25)23(3)37-21-24-16-17-27(28(20-24)26-15-11-10-12-22(26)2)31(34)33-29(18-19-38-5)32(35)36-4/h10-12,15-17,20,23,25,29-30H,6-9,13-14,18-19,21H2,1-5H3,(H,33,34)/t23?,29-,30?/m0/s1. The third kappa shape index (κ3) is 9.02. The van der Waals surface area contributed by atoms with Crippen molar-refractivity contribution in [1.82, 2.24) is 5.32 Å². The van der Waals surface area contributed by atoms with Gasteiger partial charge in [-0.25, -0.2) is 4.79 Å². The smallest absolute Gasteiger partial charge is 0.328 e. The summed E-state index contributed by atoms with van der Waals surface area (Å²) in [6.07, 6.45) is 9.26. The van der Waals surface area contributed by atoms with Crippen molar-refractivity contribution in [3.63, 3.8) is 0 Å². The molecule has 1 N–H and O–H groups in total. The molecule has 0 heterocycles. The molecule has 1 aliphatic carbocycles. The number of carbonyl (C=O) groups is 2. The second-order valence-electron chi connectivity index (χ2n) is 10.4. The predicted octanol–water partition coefficient (Wildman–Crippen LogP) is 7.29. The van der Waals surface area contributed by atoms with Crippen molar-refractivity contribution >= 4 is 35.4 Å². The second-order valence-corrected chi connectivity index (χ2v) is 12.8. The number of aryl methyl sites for hydroxylation is 1. The number of nitrogens with one attached hydrogen (secondary N) is 1. The highest BCUT2D eigenvalue weighted by Gasteiger charge is 2.29. The number of hydrogen-bond donors (Lipinski definition) is 1. The van der Waals surface area contributed by atoms with Gasteiger partial charge in [0.15, 0.2) is 0 Å². The summed E-state index contributed by atoms with van der Waals surface area (Å²) in [6.45, 7) is 6.99. The van der Waals surface area contributed by atoms with E-state index in [1.807, 2.05) is 48.3 Å². The van der Waals surface area contributed by atoms with Crippen LogP contribution in [-0.2, 0) is 20.9 Å². The van der Waals surface area contributed by atoms with Gasteiger partial charge in [-0.15, -0.1) is 0 Å². The van der Waals surface area contributed by atoms with E-state index in [9.17, 15) is 9.59 Å². The van der Waals surface area contributed by atoms with E-state index in [0.29, 0.717) is 23.8 Å². The minimum absolute atomic E-state index is 0.153. The molecule has 0 aromatic heterocycles. The van der Waals surface area contributed by atoms with Crippen molar-refractivity contribution in [2.24, 2.45) is 5.92 Å². The van der Waals surface area contributed by atoms with Crippen LogP contribution in [0.25, 0.3) is 11.1 Å². The van der Waals surface area contributed by atoms with E-state index < -0.39 is 12.0 Å². The number of thioether (sulfide) groups is 2. The van der Waals surface area contributed by atoms with Crippen LogP contribution in [0.1, 0.15) is 73.9 Å². The van der Waals surface area contributed by atoms with Gasteiger partial charge in [0.25, 0.3) is 5.91 Å². The van der Waals surface area contributed by atoms with Gasteiger partial charge in [-0.1, -0.05) is 56.5 Å². The van der Waals surface area contributed by atoms with E-state index in [0.717, 1.165) is 39.7 Å². The third-order valence-corrected chi connectivity index (χ3v) is 9.74. The molecule has 2 aromatic rings. The molecule has 0 bridgehead atoms. The molecule has 3 atom stereocenters. The first-order chi connectivity index (χ1) is 18.9. The molecule has 2 aromatic carbocycles. The van der Waals surface area contributed by atoms with E-state index >= 15 is 0 Å². The van der Waals surface area contributed by atoms with Crippen LogP contribution >= 0.6 is 23.5 Å². The highest BCUT2D eigenvalue weighted by atomic mass is 32.2. The fourth-order valence-corrected chi connectivity index (χ4v) is 7.22. The Morgan fingerprint density at radius 2 is 1.82 bits per heavy atom. The zero-order chi connectivity index (χ0) is 28.2. The summed E-state index contributed by atoms with van der Waals surface area (Å²) < 4.78 is 11.4. The molecule has 3 rings (SSSR count). The maximum absolute atomic E-state index is 13.5. The predicted molar refractivity (Wildman–Crippen MR) is 166 cm³/mol. The Kier molecular flexibility index (Phi) is 13.2. The Bertz CT molecular complexity index is 1070. The molecule has 2 unspecified atom stereocenters. The lowest BCUT2D eigenvalue weighted by atomic mass is 9.85. The van der Waals surface area contributed by atoms with Crippen molar-refractivity contribution in [3.8, 4) is 11.1 Å². The molecule has 1 fully saturated rings. The van der Waals surface area contributed by atoms with Crippen molar-refractivity contribution in [2.75, 3.05) is 24.9 Å². The second kappa shape index (κ2) is 16.3. The van der Waals surface area contributed by atoms with Crippen LogP contribution in [0.3, 0.4) is 0 Å². The first-order valence-corrected chi connectivity index (χ1v) is 16.6. The van der Waals surface area contributed by atoms with Crippen molar-refractivity contribution in [2.45, 2.75) is 83.3 Å². The molecule has 0 spiro atoms. The van der Waals surface area contributed by atoms with Gasteiger partial charge < -0.3 is 14.8 Å². The topological polar surface area (TPSA) is 64.6 Å². The monoisotopic (exact) mass is 571 g/mol. The van der Waals surface area contributed by atoms with Crippen LogP contribution in [0.5, 0.6) is 0 Å². The Balaban J connectivity index is 1.84. The first kappa shape index (κ1) is 31.6. The maximum Gasteiger partial charge on any atom is 0.328 e. The van der Waals surface area contributed by atoms with Crippen molar-refractivity contribution < 1.29 is 19.1 Å². The lowest BCUT2D eigenvalue weighted by Crippen LogP contribution is -2.42. The average Bonchev–Trinajstić information content (AvgIpc) is 2.96. The molecule has 1 saturated carbocycles. The van der Waals surface area contributed by atoms with Gasteiger partial charge in [-0.3, -0.25) is 4.79 Å². The largest absolute Gasteiger partial charge is 0.467 e. The quantitative estimate of drug-likeness (QED) is 0.240. The number of rotatable bonds is 14. The van der Waals surface area contributed by atoms with Gasteiger partial charge in [0.05, 0.1) is 19.8 Å². The Labute approximate surface area is 243 Å². The van der Waals surface area contributed by atoms with Gasteiger partial charge in [0, 0.05) is 10.8 Å². The number of benzene rings is 2. The molecule has 39 heavy (non-hydrogen) atoms. The minimum atomic E-state index is -0.684. The van der Waals surface area contributed by atoms with Crippen LogP contribution in [0.4, 0.5) is 0 Å². The van der Waals surface area contributed by atoms with E-state index in [-0.39, 0.29) is 12.0 Å². The van der Waals surface area contributed by atoms with Gasteiger partial charge in [-0.2, -0.15) is 23.5 Å². The lowest BCUT2D eigenvalue weighted by Gasteiger charge is -2.33. The molecule has 7 heteroatoms. The number of esters is 1. The Morgan fingerprint density at radius 3 is 2.49 bits per heavy atom. The Morgan fingerprint density at radius 1 is 1.08 bits per heavy atom. The fourth-order valence-electron chi connectivity index (χ4n) is 5.47. The molecule has 0 saturated heterocycles.